The van der Waals surface area contributed by atoms with E-state index in [0.717, 1.165) is 5.56 Å². The largest absolute Gasteiger partial charge is 0.481 e. The van der Waals surface area contributed by atoms with E-state index in [1.54, 1.807) is 48.5 Å². The Hall–Kier alpha value is -2.79. The van der Waals surface area contributed by atoms with Crippen LogP contribution in [0.1, 0.15) is 29.3 Å². The number of nitrogens with one attached hydrogen (secondary N) is 2. The monoisotopic (exact) mass is 386 g/mol. The molecule has 0 aromatic heterocycles. The molecule has 27 heavy (non-hydrogen) atoms. The number of benzene rings is 2. The minimum atomic E-state index is -0.699. The number of ether oxygens (including phenoxy) is 1. The number of hydrogen-bond donors (Lipinski definition) is 2. The molecule has 0 saturated heterocycles. The zero-order valence-electron chi connectivity index (χ0n) is 15.4. The third kappa shape index (κ3) is 5.59. The summed E-state index contributed by atoms with van der Waals surface area (Å²) in [4.78, 5) is 24.9. The van der Waals surface area contributed by atoms with E-state index in [-0.39, 0.29) is 11.8 Å². The van der Waals surface area contributed by atoms with Crippen LogP contribution in [-0.2, 0) is 4.79 Å². The van der Waals surface area contributed by atoms with E-state index in [9.17, 15) is 9.59 Å². The highest BCUT2D eigenvalue weighted by atomic mass is 35.5. The van der Waals surface area contributed by atoms with Gasteiger partial charge in [0.05, 0.1) is 11.3 Å². The first kappa shape index (κ1) is 20.5. The van der Waals surface area contributed by atoms with Crippen molar-refractivity contribution in [3.05, 3.63) is 71.3 Å². The summed E-state index contributed by atoms with van der Waals surface area (Å²) in [5.41, 5.74) is 1.68. The van der Waals surface area contributed by atoms with Crippen molar-refractivity contribution in [1.29, 1.82) is 0 Å². The van der Waals surface area contributed by atoms with Crippen LogP contribution in [0, 0.1) is 6.92 Å². The third-order valence-electron chi connectivity index (χ3n) is 3.91. The molecular weight excluding hydrogens is 364 g/mol. The van der Waals surface area contributed by atoms with Gasteiger partial charge in [-0.2, -0.15) is 0 Å². The van der Waals surface area contributed by atoms with Gasteiger partial charge >= 0.3 is 0 Å². The Labute approximate surface area is 164 Å². The molecule has 2 aromatic rings. The molecule has 0 heterocycles. The first-order valence-corrected chi connectivity index (χ1v) is 9.05. The topological polar surface area (TPSA) is 67.4 Å². The van der Waals surface area contributed by atoms with E-state index in [1.165, 1.54) is 0 Å². The number of anilines is 1. The van der Waals surface area contributed by atoms with Gasteiger partial charge in [0, 0.05) is 11.6 Å². The van der Waals surface area contributed by atoms with E-state index in [4.69, 9.17) is 16.3 Å². The van der Waals surface area contributed by atoms with Gasteiger partial charge in [0.15, 0.2) is 6.10 Å². The number of aryl methyl sites for hydroxylation is 1. The predicted octanol–water partition coefficient (Wildman–Crippen LogP) is 4.36. The van der Waals surface area contributed by atoms with E-state index in [2.05, 4.69) is 17.2 Å². The Kier molecular flexibility index (Phi) is 7.44. The van der Waals surface area contributed by atoms with Crippen LogP contribution in [0.15, 0.2) is 55.1 Å². The molecule has 142 valence electrons. The molecule has 2 aromatic carbocycles. The molecule has 0 radical (unpaired) electrons. The lowest BCUT2D eigenvalue weighted by atomic mass is 10.1. The average Bonchev–Trinajstić information content (AvgIpc) is 2.67. The van der Waals surface area contributed by atoms with Crippen molar-refractivity contribution in [3.63, 3.8) is 0 Å². The Bertz CT molecular complexity index is 836. The van der Waals surface area contributed by atoms with Crippen molar-refractivity contribution in [2.75, 3.05) is 11.9 Å². The summed E-state index contributed by atoms with van der Waals surface area (Å²) in [6.45, 7) is 7.64. The van der Waals surface area contributed by atoms with Gasteiger partial charge in [-0.1, -0.05) is 36.7 Å². The molecule has 5 nitrogen and oxygen atoms in total. The molecule has 0 unspecified atom stereocenters. The number of para-hydroxylation sites is 1. The Morgan fingerprint density at radius 2 is 2.00 bits per heavy atom. The normalized spacial score (nSPS) is 11.4. The highest BCUT2D eigenvalue weighted by Crippen LogP contribution is 2.23. The highest BCUT2D eigenvalue weighted by molar-refractivity contribution is 6.31. The van der Waals surface area contributed by atoms with Crippen LogP contribution in [0.2, 0.25) is 5.02 Å². The van der Waals surface area contributed by atoms with Crippen LogP contribution in [0.4, 0.5) is 5.69 Å². The number of halogens is 1. The second kappa shape index (κ2) is 9.78. The van der Waals surface area contributed by atoms with E-state index >= 15 is 0 Å². The number of carbonyl (C=O) groups is 2. The highest BCUT2D eigenvalue weighted by Gasteiger charge is 2.21. The maximum Gasteiger partial charge on any atom is 0.265 e. The molecular formula is C21H23ClN2O3. The smallest absolute Gasteiger partial charge is 0.265 e. The summed E-state index contributed by atoms with van der Waals surface area (Å²) in [6, 6.07) is 12.1. The SMILES string of the molecule is C=CCNC(=O)c1ccccc1NC(=O)[C@@H](CC)Oc1ccc(Cl)c(C)c1. The first-order valence-electron chi connectivity index (χ1n) is 8.68. The zero-order valence-corrected chi connectivity index (χ0v) is 16.2. The lowest BCUT2D eigenvalue weighted by Gasteiger charge is -2.19. The van der Waals surface area contributed by atoms with Gasteiger partial charge in [0.2, 0.25) is 0 Å². The van der Waals surface area contributed by atoms with Gasteiger partial charge in [0.25, 0.3) is 11.8 Å². The molecule has 0 aliphatic rings. The summed E-state index contributed by atoms with van der Waals surface area (Å²) in [7, 11) is 0. The zero-order chi connectivity index (χ0) is 19.8. The van der Waals surface area contributed by atoms with Gasteiger partial charge in [0.1, 0.15) is 5.75 Å². The fourth-order valence-electron chi connectivity index (χ4n) is 2.44. The molecule has 1 atom stereocenters. The molecule has 2 rings (SSSR count). The van der Waals surface area contributed by atoms with Crippen molar-refractivity contribution < 1.29 is 14.3 Å². The summed E-state index contributed by atoms with van der Waals surface area (Å²) >= 11 is 6.03. The fraction of sp³-hybridized carbons (Fsp3) is 0.238. The van der Waals surface area contributed by atoms with Gasteiger partial charge in [-0.15, -0.1) is 6.58 Å². The summed E-state index contributed by atoms with van der Waals surface area (Å²) in [5, 5.41) is 6.13. The molecule has 2 N–H and O–H groups in total. The number of carbonyl (C=O) groups excluding carboxylic acids is 2. The van der Waals surface area contributed by atoms with Crippen molar-refractivity contribution >= 4 is 29.1 Å². The van der Waals surface area contributed by atoms with Crippen LogP contribution in [0.5, 0.6) is 5.75 Å². The molecule has 0 saturated carbocycles. The third-order valence-corrected chi connectivity index (χ3v) is 4.33. The molecule has 0 spiro atoms. The Morgan fingerprint density at radius 3 is 2.67 bits per heavy atom. The number of hydrogen-bond acceptors (Lipinski definition) is 3. The minimum absolute atomic E-state index is 0.284. The summed E-state index contributed by atoms with van der Waals surface area (Å²) < 4.78 is 5.81. The number of amides is 2. The van der Waals surface area contributed by atoms with Crippen molar-refractivity contribution in [3.8, 4) is 5.75 Å². The molecule has 2 amide bonds. The second-order valence-corrected chi connectivity index (χ2v) is 6.37. The van der Waals surface area contributed by atoms with Gasteiger partial charge in [-0.05, 0) is 49.2 Å². The molecule has 0 fully saturated rings. The average molecular weight is 387 g/mol. The molecule has 6 heteroatoms. The first-order chi connectivity index (χ1) is 13.0. The molecule has 0 aliphatic carbocycles. The maximum absolute atomic E-state index is 12.7. The van der Waals surface area contributed by atoms with Crippen LogP contribution in [0.3, 0.4) is 0 Å². The molecule has 0 bridgehead atoms. The maximum atomic E-state index is 12.7. The van der Waals surface area contributed by atoms with Crippen molar-refractivity contribution in [2.24, 2.45) is 0 Å². The van der Waals surface area contributed by atoms with E-state index in [0.29, 0.717) is 35.0 Å². The second-order valence-electron chi connectivity index (χ2n) is 5.96. The summed E-state index contributed by atoms with van der Waals surface area (Å²) in [6.07, 6.45) is 1.36. The van der Waals surface area contributed by atoms with Crippen molar-refractivity contribution in [2.45, 2.75) is 26.4 Å². The van der Waals surface area contributed by atoms with Crippen LogP contribution < -0.4 is 15.4 Å². The standard InChI is InChI=1S/C21H23ClN2O3/c1-4-12-23-20(25)16-8-6-7-9-18(16)24-21(26)19(5-2)27-15-10-11-17(22)14(3)13-15/h4,6-11,13,19H,1,5,12H2,2-3H3,(H,23,25)(H,24,26)/t19-/m1/s1. The lowest BCUT2D eigenvalue weighted by Crippen LogP contribution is -2.33. The summed E-state index contributed by atoms with van der Waals surface area (Å²) in [5.74, 6) is -0.0434. The van der Waals surface area contributed by atoms with Crippen LogP contribution >= 0.6 is 11.6 Å². The Balaban J connectivity index is 2.13. The fourth-order valence-corrected chi connectivity index (χ4v) is 2.56. The predicted molar refractivity (Wildman–Crippen MR) is 108 cm³/mol. The van der Waals surface area contributed by atoms with E-state index in [1.807, 2.05) is 13.8 Å². The van der Waals surface area contributed by atoms with Crippen molar-refractivity contribution in [1.82, 2.24) is 5.32 Å². The van der Waals surface area contributed by atoms with Gasteiger partial charge < -0.3 is 15.4 Å². The van der Waals surface area contributed by atoms with E-state index < -0.39 is 6.10 Å². The lowest BCUT2D eigenvalue weighted by molar-refractivity contribution is -0.122. The molecule has 0 aliphatic heterocycles. The van der Waals surface area contributed by atoms with Gasteiger partial charge in [-0.25, -0.2) is 0 Å². The number of rotatable bonds is 8. The van der Waals surface area contributed by atoms with Crippen LogP contribution in [0.25, 0.3) is 0 Å². The quantitative estimate of drug-likeness (QED) is 0.662. The van der Waals surface area contributed by atoms with Crippen LogP contribution in [-0.4, -0.2) is 24.5 Å². The Morgan fingerprint density at radius 1 is 1.26 bits per heavy atom. The van der Waals surface area contributed by atoms with Gasteiger partial charge in [-0.3, -0.25) is 9.59 Å². The minimum Gasteiger partial charge on any atom is -0.481 e.